The first-order chi connectivity index (χ1) is 13.6. The van der Waals surface area contributed by atoms with Gasteiger partial charge in [0, 0.05) is 27.2 Å². The lowest BCUT2D eigenvalue weighted by Gasteiger charge is -2.39. The molecule has 0 radical (unpaired) electrons. The van der Waals surface area contributed by atoms with Crippen LogP contribution in [-0.4, -0.2) is 71.7 Å². The topological polar surface area (TPSA) is 98.0 Å². The van der Waals surface area contributed by atoms with Crippen LogP contribution < -0.4 is 0 Å². The summed E-state index contributed by atoms with van der Waals surface area (Å²) in [6, 6.07) is 8.97. The zero-order valence-corrected chi connectivity index (χ0v) is 16.0. The average molecular weight is 388 g/mol. The molecule has 2 heterocycles. The molecule has 28 heavy (non-hydrogen) atoms. The molecule has 1 saturated heterocycles. The lowest BCUT2D eigenvalue weighted by molar-refractivity contribution is -0.157. The Labute approximate surface area is 163 Å². The van der Waals surface area contributed by atoms with Crippen LogP contribution in [0.4, 0.5) is 0 Å². The second-order valence-corrected chi connectivity index (χ2v) is 6.52. The van der Waals surface area contributed by atoms with Crippen molar-refractivity contribution < 1.29 is 23.6 Å². The molecule has 9 heteroatoms. The monoisotopic (exact) mass is 388 g/mol. The van der Waals surface area contributed by atoms with E-state index in [1.807, 2.05) is 30.3 Å². The summed E-state index contributed by atoms with van der Waals surface area (Å²) < 4.78 is 15.3. The number of ether oxygens (including phenoxy) is 2. The van der Waals surface area contributed by atoms with Crippen molar-refractivity contribution in [1.82, 2.24) is 19.9 Å². The summed E-state index contributed by atoms with van der Waals surface area (Å²) in [5, 5.41) is 3.82. The van der Waals surface area contributed by atoms with E-state index in [-0.39, 0.29) is 37.4 Å². The van der Waals surface area contributed by atoms with Gasteiger partial charge in [-0.05, 0) is 5.56 Å². The van der Waals surface area contributed by atoms with Gasteiger partial charge in [-0.1, -0.05) is 35.5 Å². The van der Waals surface area contributed by atoms with E-state index >= 15 is 0 Å². The molecule has 150 valence electrons. The molecule has 0 N–H and O–H groups in total. The van der Waals surface area contributed by atoms with Gasteiger partial charge in [0.15, 0.2) is 5.82 Å². The van der Waals surface area contributed by atoms with Crippen LogP contribution in [0.25, 0.3) is 0 Å². The van der Waals surface area contributed by atoms with Gasteiger partial charge < -0.3 is 23.8 Å². The molecule has 9 nitrogen and oxygen atoms in total. The number of carbonyl (C=O) groups is 2. The molecular formula is C19H24N4O5. The molecule has 0 unspecified atom stereocenters. The minimum atomic E-state index is -0.640. The van der Waals surface area contributed by atoms with Gasteiger partial charge in [-0.2, -0.15) is 4.98 Å². The first kappa shape index (κ1) is 20.0. The Balaban J connectivity index is 1.81. The number of hydrogen-bond donors (Lipinski definition) is 0. The lowest BCUT2D eigenvalue weighted by Crippen LogP contribution is -2.60. The normalized spacial score (nSPS) is 17.4. The predicted octanol–water partition coefficient (Wildman–Crippen LogP) is 0.645. The van der Waals surface area contributed by atoms with Crippen LogP contribution in [0, 0.1) is 0 Å². The molecule has 1 atom stereocenters. The Morgan fingerprint density at radius 1 is 1.18 bits per heavy atom. The van der Waals surface area contributed by atoms with Crippen LogP contribution >= 0.6 is 0 Å². The summed E-state index contributed by atoms with van der Waals surface area (Å²) in [4.78, 5) is 33.2. The predicted molar refractivity (Wildman–Crippen MR) is 98.0 cm³/mol. The molecule has 0 saturated carbocycles. The van der Waals surface area contributed by atoms with Gasteiger partial charge in [0.2, 0.25) is 17.7 Å². The molecule has 1 aromatic heterocycles. The number of aromatic nitrogens is 2. The van der Waals surface area contributed by atoms with Crippen molar-refractivity contribution in [2.75, 3.05) is 33.9 Å². The van der Waals surface area contributed by atoms with Gasteiger partial charge in [-0.3, -0.25) is 9.59 Å². The van der Waals surface area contributed by atoms with Crippen molar-refractivity contribution in [3.05, 3.63) is 47.6 Å². The van der Waals surface area contributed by atoms with Crippen molar-refractivity contribution >= 4 is 11.8 Å². The largest absolute Gasteiger partial charge is 0.383 e. The van der Waals surface area contributed by atoms with Crippen molar-refractivity contribution in [3.63, 3.8) is 0 Å². The van der Waals surface area contributed by atoms with Gasteiger partial charge in [0.05, 0.1) is 13.2 Å². The van der Waals surface area contributed by atoms with Crippen LogP contribution in [0.3, 0.4) is 0 Å². The van der Waals surface area contributed by atoms with E-state index in [0.29, 0.717) is 25.4 Å². The van der Waals surface area contributed by atoms with Gasteiger partial charge in [-0.15, -0.1) is 0 Å². The van der Waals surface area contributed by atoms with E-state index < -0.39 is 6.04 Å². The van der Waals surface area contributed by atoms with Gasteiger partial charge >= 0.3 is 0 Å². The van der Waals surface area contributed by atoms with Crippen LogP contribution in [0.1, 0.15) is 17.3 Å². The standard InChI is InChI=1S/C19H24N4O5/c1-26-9-8-22-12-18(24)23(11-17-20-16(13-27-2)21-28-17)15(19(22)25)10-14-6-4-3-5-7-14/h3-7,15H,8-13H2,1-2H3/t15-/m1/s1. The molecule has 1 aliphatic heterocycles. The van der Waals surface area contributed by atoms with Gasteiger partial charge in [0.1, 0.15) is 19.2 Å². The van der Waals surface area contributed by atoms with E-state index in [9.17, 15) is 9.59 Å². The third-order valence-corrected chi connectivity index (χ3v) is 4.55. The number of benzene rings is 1. The highest BCUT2D eigenvalue weighted by atomic mass is 16.5. The Morgan fingerprint density at radius 2 is 1.96 bits per heavy atom. The fourth-order valence-electron chi connectivity index (χ4n) is 3.16. The molecule has 3 rings (SSSR count). The van der Waals surface area contributed by atoms with Crippen LogP contribution in [0.2, 0.25) is 0 Å². The molecular weight excluding hydrogens is 364 g/mol. The highest BCUT2D eigenvalue weighted by Gasteiger charge is 2.39. The number of nitrogens with zero attached hydrogens (tertiary/aromatic N) is 4. The smallest absolute Gasteiger partial charge is 0.246 e. The maximum Gasteiger partial charge on any atom is 0.246 e. The van der Waals surface area contributed by atoms with E-state index in [4.69, 9.17) is 14.0 Å². The van der Waals surface area contributed by atoms with E-state index in [2.05, 4.69) is 10.1 Å². The van der Waals surface area contributed by atoms with Gasteiger partial charge in [-0.25, -0.2) is 0 Å². The number of hydrogen-bond acceptors (Lipinski definition) is 7. The summed E-state index contributed by atoms with van der Waals surface area (Å²) in [5.41, 5.74) is 0.970. The van der Waals surface area contributed by atoms with E-state index in [1.165, 1.54) is 12.0 Å². The fraction of sp³-hybridized carbons (Fsp3) is 0.474. The highest BCUT2D eigenvalue weighted by molar-refractivity contribution is 5.95. The van der Waals surface area contributed by atoms with Crippen LogP contribution in [-0.2, 0) is 38.6 Å². The second-order valence-electron chi connectivity index (χ2n) is 6.52. The fourth-order valence-corrected chi connectivity index (χ4v) is 3.16. The number of piperazine rings is 1. The Bertz CT molecular complexity index is 795. The number of amides is 2. The third kappa shape index (κ3) is 4.73. The summed E-state index contributed by atoms with van der Waals surface area (Å²) in [6.07, 6.45) is 0.411. The zero-order valence-electron chi connectivity index (χ0n) is 16.0. The summed E-state index contributed by atoms with van der Waals surface area (Å²) >= 11 is 0. The number of carbonyl (C=O) groups excluding carboxylic acids is 2. The maximum absolute atomic E-state index is 13.1. The third-order valence-electron chi connectivity index (χ3n) is 4.55. The Hall–Kier alpha value is -2.78. The van der Waals surface area contributed by atoms with Crippen molar-refractivity contribution in [3.8, 4) is 0 Å². The van der Waals surface area contributed by atoms with E-state index in [0.717, 1.165) is 5.56 Å². The summed E-state index contributed by atoms with van der Waals surface area (Å²) in [6.45, 7) is 1.05. The molecule has 2 aromatic rings. The number of methoxy groups -OCH3 is 2. The lowest BCUT2D eigenvalue weighted by atomic mass is 10.0. The first-order valence-electron chi connectivity index (χ1n) is 9.04. The van der Waals surface area contributed by atoms with Crippen LogP contribution in [0.15, 0.2) is 34.9 Å². The number of rotatable bonds is 9. The molecule has 0 bridgehead atoms. The Kier molecular flexibility index (Phi) is 6.72. The SMILES string of the molecule is COCCN1CC(=O)N(Cc2nc(COC)no2)[C@H](Cc2ccccc2)C1=O. The average Bonchev–Trinajstić information content (AvgIpc) is 3.14. The van der Waals surface area contributed by atoms with E-state index in [1.54, 1.807) is 12.0 Å². The maximum atomic E-state index is 13.1. The Morgan fingerprint density at radius 3 is 2.68 bits per heavy atom. The minimum absolute atomic E-state index is 0.00650. The minimum Gasteiger partial charge on any atom is -0.383 e. The second kappa shape index (κ2) is 9.43. The molecule has 0 aliphatic carbocycles. The van der Waals surface area contributed by atoms with Crippen molar-refractivity contribution in [1.29, 1.82) is 0 Å². The first-order valence-corrected chi connectivity index (χ1v) is 9.04. The van der Waals surface area contributed by atoms with Crippen molar-refractivity contribution in [2.45, 2.75) is 25.6 Å². The molecule has 1 aliphatic rings. The summed E-state index contributed by atoms with van der Waals surface area (Å²) in [5.74, 6) is 0.395. The molecule has 0 spiro atoms. The molecule has 1 fully saturated rings. The van der Waals surface area contributed by atoms with Crippen LogP contribution in [0.5, 0.6) is 0 Å². The van der Waals surface area contributed by atoms with Gasteiger partial charge in [0.25, 0.3) is 0 Å². The summed E-state index contributed by atoms with van der Waals surface area (Å²) in [7, 11) is 3.10. The van der Waals surface area contributed by atoms with Crippen molar-refractivity contribution in [2.24, 2.45) is 0 Å². The quantitative estimate of drug-likeness (QED) is 0.622. The zero-order chi connectivity index (χ0) is 19.9. The molecule has 2 amide bonds. The molecule has 1 aromatic carbocycles. The highest BCUT2D eigenvalue weighted by Crippen LogP contribution is 2.20.